The van der Waals surface area contributed by atoms with E-state index in [-0.39, 0.29) is 31.1 Å². The normalized spacial score (nSPS) is 25.2. The molecule has 0 aromatic rings. The first-order valence-corrected chi connectivity index (χ1v) is 8.75. The molecule has 23 heavy (non-hydrogen) atoms. The van der Waals surface area contributed by atoms with E-state index in [0.29, 0.717) is 6.04 Å². The Kier molecular flexibility index (Phi) is 4.57. The van der Waals surface area contributed by atoms with Gasteiger partial charge in [-0.25, -0.2) is 9.69 Å². The van der Waals surface area contributed by atoms with E-state index in [0.717, 1.165) is 56.3 Å². The van der Waals surface area contributed by atoms with E-state index in [1.165, 1.54) is 4.90 Å². The Morgan fingerprint density at radius 1 is 1.26 bits per heavy atom. The minimum absolute atomic E-state index is 0.0127. The van der Waals surface area contributed by atoms with Gasteiger partial charge in [0.15, 0.2) is 13.2 Å². The smallest absolute Gasteiger partial charge is 0.329 e. The van der Waals surface area contributed by atoms with Crippen LogP contribution in [0.5, 0.6) is 0 Å². The van der Waals surface area contributed by atoms with Gasteiger partial charge in [-0.3, -0.25) is 9.59 Å². The van der Waals surface area contributed by atoms with Gasteiger partial charge in [-0.2, -0.15) is 0 Å². The van der Waals surface area contributed by atoms with Gasteiger partial charge in [0.1, 0.15) is 5.54 Å². The van der Waals surface area contributed by atoms with Crippen LogP contribution in [0.1, 0.15) is 51.4 Å². The van der Waals surface area contributed by atoms with E-state index in [1.807, 2.05) is 7.05 Å². The average Bonchev–Trinajstić information content (AvgIpc) is 3.28. The topological polar surface area (TPSA) is 82.9 Å². The number of amides is 4. The number of nitrogens with zero attached hydrogens (tertiary/aromatic N) is 1. The van der Waals surface area contributed by atoms with Gasteiger partial charge in [0.25, 0.3) is 11.8 Å². The van der Waals surface area contributed by atoms with Crippen LogP contribution in [0.15, 0.2) is 0 Å². The fraction of sp³-hybridized carbons (Fsp3) is 0.812. The van der Waals surface area contributed by atoms with E-state index in [2.05, 4.69) is 10.6 Å². The monoisotopic (exact) mass is 323 g/mol. The largest absolute Gasteiger partial charge is 0.348 e. The summed E-state index contributed by atoms with van der Waals surface area (Å²) in [4.78, 5) is 39.0. The molecule has 4 amide bonds. The van der Waals surface area contributed by atoms with E-state index < -0.39 is 5.54 Å². The molecule has 1 unspecified atom stereocenters. The van der Waals surface area contributed by atoms with E-state index in [1.54, 1.807) is 0 Å². The molecule has 7 nitrogen and oxygen atoms in total. The first-order valence-electron chi connectivity index (χ1n) is 8.75. The fourth-order valence-electron chi connectivity index (χ4n) is 3.60. The number of likely N-dealkylation sites (N-methyl/N-ethyl adjacent to an activating group) is 1. The molecule has 2 aliphatic carbocycles. The van der Waals surface area contributed by atoms with Crippen LogP contribution in [-0.2, 0) is 9.59 Å². The SMILES string of the molecule is C[NH+](CC(=O)NC1CC1)CN1C(=O)NC2(CCCCCC2)C1=O. The maximum atomic E-state index is 12.8. The van der Waals surface area contributed by atoms with Crippen LogP contribution in [0.3, 0.4) is 0 Å². The highest BCUT2D eigenvalue weighted by atomic mass is 16.2. The summed E-state index contributed by atoms with van der Waals surface area (Å²) in [6.07, 6.45) is 7.78. The molecule has 0 aromatic carbocycles. The van der Waals surface area contributed by atoms with Gasteiger partial charge in [-0.1, -0.05) is 25.7 Å². The van der Waals surface area contributed by atoms with E-state index in [4.69, 9.17) is 0 Å². The molecule has 1 spiro atoms. The lowest BCUT2D eigenvalue weighted by Gasteiger charge is -2.25. The number of carbonyl (C=O) groups is 3. The summed E-state index contributed by atoms with van der Waals surface area (Å²) in [5.41, 5.74) is -0.690. The Morgan fingerprint density at radius 2 is 1.91 bits per heavy atom. The molecule has 1 aliphatic heterocycles. The highest BCUT2D eigenvalue weighted by Gasteiger charge is 2.51. The Morgan fingerprint density at radius 3 is 2.52 bits per heavy atom. The molecule has 1 heterocycles. The first-order chi connectivity index (χ1) is 11.0. The molecule has 3 rings (SSSR count). The summed E-state index contributed by atoms with van der Waals surface area (Å²) < 4.78 is 0. The van der Waals surface area contributed by atoms with Crippen molar-refractivity contribution in [2.75, 3.05) is 20.3 Å². The number of urea groups is 1. The summed E-state index contributed by atoms with van der Waals surface area (Å²) in [5, 5.41) is 5.87. The quantitative estimate of drug-likeness (QED) is 0.590. The van der Waals surface area contributed by atoms with Gasteiger partial charge in [-0.05, 0) is 25.7 Å². The van der Waals surface area contributed by atoms with Crippen molar-refractivity contribution in [3.05, 3.63) is 0 Å². The Labute approximate surface area is 136 Å². The second-order valence-electron chi connectivity index (χ2n) is 7.29. The van der Waals surface area contributed by atoms with Gasteiger partial charge >= 0.3 is 6.03 Å². The number of carbonyl (C=O) groups excluding carboxylic acids is 3. The number of hydrogen-bond acceptors (Lipinski definition) is 3. The lowest BCUT2D eigenvalue weighted by Crippen LogP contribution is -3.12. The Bertz CT molecular complexity index is 496. The summed E-state index contributed by atoms with van der Waals surface area (Å²) in [5.74, 6) is -0.118. The van der Waals surface area contributed by atoms with Crippen molar-refractivity contribution in [1.29, 1.82) is 0 Å². The van der Waals surface area contributed by atoms with Crippen molar-refractivity contribution in [1.82, 2.24) is 15.5 Å². The van der Waals surface area contributed by atoms with Crippen LogP contribution in [0.4, 0.5) is 4.79 Å². The average molecular weight is 323 g/mol. The molecule has 0 radical (unpaired) electrons. The highest BCUT2D eigenvalue weighted by molar-refractivity contribution is 6.06. The molecule has 3 fully saturated rings. The second-order valence-corrected chi connectivity index (χ2v) is 7.29. The summed E-state index contributed by atoms with van der Waals surface area (Å²) in [6, 6.07) is 0.0279. The third-order valence-corrected chi connectivity index (χ3v) is 5.04. The summed E-state index contributed by atoms with van der Waals surface area (Å²) in [7, 11) is 1.84. The van der Waals surface area contributed by atoms with Crippen LogP contribution in [0.2, 0.25) is 0 Å². The fourth-order valence-corrected chi connectivity index (χ4v) is 3.60. The van der Waals surface area contributed by atoms with Gasteiger partial charge in [-0.15, -0.1) is 0 Å². The lowest BCUT2D eigenvalue weighted by atomic mass is 9.90. The Hall–Kier alpha value is -1.63. The third-order valence-electron chi connectivity index (χ3n) is 5.04. The van der Waals surface area contributed by atoms with Crippen molar-refractivity contribution in [3.63, 3.8) is 0 Å². The van der Waals surface area contributed by atoms with Gasteiger partial charge in [0.05, 0.1) is 7.05 Å². The van der Waals surface area contributed by atoms with Crippen LogP contribution in [0, 0.1) is 0 Å². The van der Waals surface area contributed by atoms with Crippen molar-refractivity contribution in [3.8, 4) is 0 Å². The minimum atomic E-state index is -0.690. The van der Waals surface area contributed by atoms with Crippen LogP contribution < -0.4 is 15.5 Å². The van der Waals surface area contributed by atoms with Crippen molar-refractivity contribution in [2.45, 2.75) is 62.9 Å². The predicted molar refractivity (Wildman–Crippen MR) is 83.6 cm³/mol. The van der Waals surface area contributed by atoms with Gasteiger partial charge in [0, 0.05) is 6.04 Å². The maximum absolute atomic E-state index is 12.8. The standard InChI is InChI=1S/C16H26N4O3/c1-19(10-13(21)17-12-6-7-12)11-20-14(22)16(18-15(20)23)8-4-2-3-5-9-16/h12H,2-11H2,1H3,(H,17,21)(H,18,23)/p+1. The molecule has 2 saturated carbocycles. The van der Waals surface area contributed by atoms with Crippen molar-refractivity contribution >= 4 is 17.8 Å². The molecule has 1 saturated heterocycles. The van der Waals surface area contributed by atoms with Crippen molar-refractivity contribution in [2.24, 2.45) is 0 Å². The molecule has 7 heteroatoms. The number of imide groups is 1. The second kappa shape index (κ2) is 6.47. The number of quaternary nitrogens is 1. The zero-order valence-corrected chi connectivity index (χ0v) is 13.8. The zero-order chi connectivity index (χ0) is 16.4. The van der Waals surface area contributed by atoms with E-state index in [9.17, 15) is 14.4 Å². The summed E-state index contributed by atoms with van der Waals surface area (Å²) in [6.45, 7) is 0.519. The molecule has 3 aliphatic rings. The lowest BCUT2D eigenvalue weighted by molar-refractivity contribution is -0.879. The molecular formula is C16H27N4O3+. The van der Waals surface area contributed by atoms with Crippen LogP contribution in [0.25, 0.3) is 0 Å². The summed E-state index contributed by atoms with van der Waals surface area (Å²) >= 11 is 0. The van der Waals surface area contributed by atoms with Crippen LogP contribution >= 0.6 is 0 Å². The number of rotatable bonds is 5. The van der Waals surface area contributed by atoms with Crippen LogP contribution in [-0.4, -0.2) is 54.6 Å². The molecule has 128 valence electrons. The minimum Gasteiger partial charge on any atom is -0.348 e. The number of nitrogens with one attached hydrogen (secondary N) is 3. The number of hydrogen-bond donors (Lipinski definition) is 3. The molecular weight excluding hydrogens is 296 g/mol. The molecule has 1 atom stereocenters. The van der Waals surface area contributed by atoms with Crippen molar-refractivity contribution < 1.29 is 19.3 Å². The predicted octanol–water partition coefficient (Wildman–Crippen LogP) is -0.618. The van der Waals surface area contributed by atoms with Gasteiger partial charge < -0.3 is 15.5 Å². The maximum Gasteiger partial charge on any atom is 0.329 e. The third kappa shape index (κ3) is 3.65. The van der Waals surface area contributed by atoms with Gasteiger partial charge in [0.2, 0.25) is 0 Å². The molecule has 0 aromatic heterocycles. The zero-order valence-electron chi connectivity index (χ0n) is 13.8. The molecule has 0 bridgehead atoms. The van der Waals surface area contributed by atoms with E-state index >= 15 is 0 Å². The highest BCUT2D eigenvalue weighted by Crippen LogP contribution is 2.32. The Balaban J connectivity index is 1.57. The molecule has 3 N–H and O–H groups in total. The first kappa shape index (κ1) is 16.2.